The molecule has 1 aromatic heterocycles. The Labute approximate surface area is 189 Å². The number of likely N-dealkylation sites (N-methyl/N-ethyl adjacent to an activating group) is 1. The van der Waals surface area contributed by atoms with Crippen LogP contribution in [0.5, 0.6) is 0 Å². The van der Waals surface area contributed by atoms with Gasteiger partial charge >= 0.3 is 0 Å². The monoisotopic (exact) mass is 446 g/mol. The van der Waals surface area contributed by atoms with Crippen LogP contribution in [0.15, 0.2) is 48.1 Å². The average molecular weight is 447 g/mol. The standard InChI is InChI=1S/C24H22N4O3S/c1-3-24(11-10-19(29)27-23(24)31)14-4-6-15(7-5-14)25-12-16-20-18(28(2)22(16)30)9-8-17-21(20)32-13-26-17/h4-9,12-13,25H,3,10-11H2,1-2H3,(H,27,29,31)/b16-12-. The molecule has 2 aliphatic heterocycles. The molecule has 1 unspecified atom stereocenters. The Balaban J connectivity index is 1.44. The fourth-order valence-electron chi connectivity index (χ4n) is 4.60. The topological polar surface area (TPSA) is 91.4 Å². The molecular weight excluding hydrogens is 424 g/mol. The lowest BCUT2D eigenvalue weighted by Crippen LogP contribution is -2.51. The van der Waals surface area contributed by atoms with Gasteiger partial charge in [-0.15, -0.1) is 11.3 Å². The molecule has 162 valence electrons. The molecule has 1 atom stereocenters. The lowest BCUT2D eigenvalue weighted by molar-refractivity contribution is -0.138. The Hall–Kier alpha value is -3.52. The number of amides is 3. The van der Waals surface area contributed by atoms with Crippen molar-refractivity contribution in [3.05, 3.63) is 59.2 Å². The van der Waals surface area contributed by atoms with Gasteiger partial charge in [-0.2, -0.15) is 0 Å². The van der Waals surface area contributed by atoms with Crippen LogP contribution in [0.2, 0.25) is 0 Å². The second-order valence-electron chi connectivity index (χ2n) is 8.12. The Morgan fingerprint density at radius 1 is 1.19 bits per heavy atom. The number of imide groups is 1. The van der Waals surface area contributed by atoms with E-state index in [0.717, 1.165) is 32.7 Å². The number of anilines is 2. The molecular formula is C24H22N4O3S. The number of carbonyl (C=O) groups is 3. The van der Waals surface area contributed by atoms with Crippen molar-refractivity contribution in [2.45, 2.75) is 31.6 Å². The van der Waals surface area contributed by atoms with Crippen LogP contribution in [0.1, 0.15) is 37.3 Å². The lowest BCUT2D eigenvalue weighted by atomic mass is 9.72. The highest BCUT2D eigenvalue weighted by Crippen LogP contribution is 2.42. The smallest absolute Gasteiger partial charge is 0.260 e. The first kappa shape index (κ1) is 20.4. The van der Waals surface area contributed by atoms with Crippen molar-refractivity contribution in [1.29, 1.82) is 0 Å². The number of carbonyl (C=O) groups excluding carboxylic acids is 3. The molecule has 0 aliphatic carbocycles. The zero-order chi connectivity index (χ0) is 22.5. The number of hydrogen-bond acceptors (Lipinski definition) is 6. The van der Waals surface area contributed by atoms with E-state index < -0.39 is 5.41 Å². The molecule has 0 spiro atoms. The van der Waals surface area contributed by atoms with Crippen LogP contribution in [0, 0.1) is 0 Å². The Morgan fingerprint density at radius 2 is 1.97 bits per heavy atom. The molecule has 0 radical (unpaired) electrons. The Bertz CT molecular complexity index is 1290. The SMILES string of the molecule is CCC1(c2ccc(N/C=C3\C(=O)N(C)c4ccc5ncsc5c43)cc2)CCC(=O)NC1=O. The van der Waals surface area contributed by atoms with Crippen molar-refractivity contribution >= 4 is 56.2 Å². The molecule has 5 rings (SSSR count). The highest BCUT2D eigenvalue weighted by Gasteiger charge is 2.42. The van der Waals surface area contributed by atoms with Gasteiger partial charge in [0.2, 0.25) is 11.8 Å². The van der Waals surface area contributed by atoms with Gasteiger partial charge < -0.3 is 10.2 Å². The Kier molecular flexibility index (Phi) is 4.82. The van der Waals surface area contributed by atoms with Gasteiger partial charge in [-0.25, -0.2) is 4.98 Å². The van der Waals surface area contributed by atoms with Gasteiger partial charge in [0.05, 0.1) is 32.4 Å². The van der Waals surface area contributed by atoms with Crippen LogP contribution in [0.3, 0.4) is 0 Å². The van der Waals surface area contributed by atoms with Crippen molar-refractivity contribution in [1.82, 2.24) is 10.3 Å². The van der Waals surface area contributed by atoms with Crippen LogP contribution in [-0.4, -0.2) is 29.8 Å². The molecule has 3 aromatic rings. The number of nitrogens with zero attached hydrogens (tertiary/aromatic N) is 2. The van der Waals surface area contributed by atoms with Crippen LogP contribution in [0.25, 0.3) is 15.8 Å². The number of fused-ring (bicyclic) bond motifs is 3. The first-order valence-electron chi connectivity index (χ1n) is 10.5. The van der Waals surface area contributed by atoms with Gasteiger partial charge in [0.15, 0.2) is 0 Å². The first-order valence-corrected chi connectivity index (χ1v) is 11.4. The molecule has 1 fully saturated rings. The summed E-state index contributed by atoms with van der Waals surface area (Å²) in [6.07, 6.45) is 3.20. The molecule has 3 amide bonds. The highest BCUT2D eigenvalue weighted by molar-refractivity contribution is 7.17. The summed E-state index contributed by atoms with van der Waals surface area (Å²) in [6.45, 7) is 1.96. The van der Waals surface area contributed by atoms with E-state index >= 15 is 0 Å². The van der Waals surface area contributed by atoms with Gasteiger partial charge in [0, 0.05) is 30.9 Å². The number of benzene rings is 2. The van der Waals surface area contributed by atoms with Crippen LogP contribution in [0.4, 0.5) is 11.4 Å². The fraction of sp³-hybridized carbons (Fsp3) is 0.250. The van der Waals surface area contributed by atoms with E-state index in [4.69, 9.17) is 0 Å². The number of rotatable bonds is 4. The van der Waals surface area contributed by atoms with Crippen molar-refractivity contribution in [3.63, 3.8) is 0 Å². The fourth-order valence-corrected chi connectivity index (χ4v) is 5.44. The third-order valence-corrected chi connectivity index (χ3v) is 7.39. The normalized spacial score (nSPS) is 21.9. The van der Waals surface area contributed by atoms with Gasteiger partial charge in [0.1, 0.15) is 0 Å². The van der Waals surface area contributed by atoms with Crippen molar-refractivity contribution in [2.75, 3.05) is 17.3 Å². The molecule has 32 heavy (non-hydrogen) atoms. The van der Waals surface area contributed by atoms with Crippen molar-refractivity contribution in [3.8, 4) is 0 Å². The molecule has 2 aromatic carbocycles. The number of piperidine rings is 1. The molecule has 3 heterocycles. The van der Waals surface area contributed by atoms with E-state index in [2.05, 4.69) is 15.6 Å². The average Bonchev–Trinajstić information content (AvgIpc) is 3.37. The maximum Gasteiger partial charge on any atom is 0.260 e. The van der Waals surface area contributed by atoms with E-state index in [1.807, 2.05) is 43.3 Å². The van der Waals surface area contributed by atoms with Crippen molar-refractivity contribution < 1.29 is 14.4 Å². The summed E-state index contributed by atoms with van der Waals surface area (Å²) in [6, 6.07) is 11.5. The second-order valence-corrected chi connectivity index (χ2v) is 8.97. The molecule has 2 N–H and O–H groups in total. The third-order valence-electron chi connectivity index (χ3n) is 6.53. The summed E-state index contributed by atoms with van der Waals surface area (Å²) in [5.41, 5.74) is 6.03. The van der Waals surface area contributed by atoms with Crippen molar-refractivity contribution in [2.24, 2.45) is 0 Å². The molecule has 8 heteroatoms. The maximum absolute atomic E-state index is 12.9. The van der Waals surface area contributed by atoms with Crippen LogP contribution < -0.4 is 15.5 Å². The predicted molar refractivity (Wildman–Crippen MR) is 125 cm³/mol. The van der Waals surface area contributed by atoms with Crippen LogP contribution in [-0.2, 0) is 19.8 Å². The molecule has 2 aliphatic rings. The quantitative estimate of drug-likeness (QED) is 0.470. The summed E-state index contributed by atoms with van der Waals surface area (Å²) in [4.78, 5) is 43.1. The number of aromatic nitrogens is 1. The zero-order valence-electron chi connectivity index (χ0n) is 17.8. The van der Waals surface area contributed by atoms with E-state index in [1.165, 1.54) is 11.3 Å². The largest absolute Gasteiger partial charge is 0.361 e. The molecule has 0 bridgehead atoms. The van der Waals surface area contributed by atoms with Crippen LogP contribution >= 0.6 is 11.3 Å². The van der Waals surface area contributed by atoms with Gasteiger partial charge in [-0.3, -0.25) is 19.7 Å². The zero-order valence-corrected chi connectivity index (χ0v) is 18.6. The molecule has 7 nitrogen and oxygen atoms in total. The minimum Gasteiger partial charge on any atom is -0.361 e. The van der Waals surface area contributed by atoms with E-state index in [1.54, 1.807) is 23.7 Å². The summed E-state index contributed by atoms with van der Waals surface area (Å²) in [5.74, 6) is -0.520. The van der Waals surface area contributed by atoms with Gasteiger partial charge in [-0.1, -0.05) is 19.1 Å². The molecule has 1 saturated heterocycles. The third kappa shape index (κ3) is 3.02. The summed E-state index contributed by atoms with van der Waals surface area (Å²) in [5, 5.41) is 5.71. The van der Waals surface area contributed by atoms with Gasteiger partial charge in [-0.05, 0) is 42.7 Å². The highest BCUT2D eigenvalue weighted by atomic mass is 32.1. The van der Waals surface area contributed by atoms with Gasteiger partial charge in [0.25, 0.3) is 5.91 Å². The van der Waals surface area contributed by atoms with E-state index in [9.17, 15) is 14.4 Å². The molecule has 0 saturated carbocycles. The minimum atomic E-state index is -0.689. The minimum absolute atomic E-state index is 0.0708. The Morgan fingerprint density at radius 3 is 2.69 bits per heavy atom. The lowest BCUT2D eigenvalue weighted by Gasteiger charge is -2.35. The predicted octanol–water partition coefficient (Wildman–Crippen LogP) is 3.81. The summed E-state index contributed by atoms with van der Waals surface area (Å²) in [7, 11) is 1.77. The summed E-state index contributed by atoms with van der Waals surface area (Å²) < 4.78 is 0.992. The van der Waals surface area contributed by atoms with E-state index in [0.29, 0.717) is 24.8 Å². The first-order chi connectivity index (χ1) is 15.4. The number of thiazole rings is 1. The van der Waals surface area contributed by atoms with E-state index in [-0.39, 0.29) is 17.7 Å². The maximum atomic E-state index is 12.9. The second kappa shape index (κ2) is 7.56. The number of hydrogen-bond donors (Lipinski definition) is 2. The number of nitrogens with one attached hydrogen (secondary N) is 2. The summed E-state index contributed by atoms with van der Waals surface area (Å²) >= 11 is 1.52.